The lowest BCUT2D eigenvalue weighted by molar-refractivity contribution is -0.0520. The van der Waals surface area contributed by atoms with E-state index in [4.69, 9.17) is 4.74 Å². The van der Waals surface area contributed by atoms with E-state index >= 15 is 0 Å². The Kier molecular flexibility index (Phi) is 11.9. The van der Waals surface area contributed by atoms with Gasteiger partial charge < -0.3 is 20.1 Å². The molecule has 0 fully saturated rings. The van der Waals surface area contributed by atoms with Crippen LogP contribution in [0, 0.1) is 0 Å². The van der Waals surface area contributed by atoms with Crippen LogP contribution in [-0.2, 0) is 13.0 Å². The van der Waals surface area contributed by atoms with Gasteiger partial charge in [0, 0.05) is 37.0 Å². The Bertz CT molecular complexity index is 749. The first-order valence-corrected chi connectivity index (χ1v) is 9.25. The van der Waals surface area contributed by atoms with Crippen molar-refractivity contribution in [2.75, 3.05) is 19.7 Å². The highest BCUT2D eigenvalue weighted by molar-refractivity contribution is 14.0. The number of benzene rings is 1. The van der Waals surface area contributed by atoms with E-state index in [2.05, 4.69) is 25.3 Å². The van der Waals surface area contributed by atoms with Gasteiger partial charge in [-0.1, -0.05) is 18.2 Å². The van der Waals surface area contributed by atoms with E-state index in [1.807, 2.05) is 25.1 Å². The Morgan fingerprint density at radius 1 is 1.14 bits per heavy atom. The molecule has 2 rings (SSSR count). The molecule has 1 aromatic heterocycles. The number of guanidine groups is 1. The van der Waals surface area contributed by atoms with Crippen molar-refractivity contribution in [3.05, 3.63) is 53.9 Å². The lowest BCUT2D eigenvalue weighted by Crippen LogP contribution is -2.38. The summed E-state index contributed by atoms with van der Waals surface area (Å²) in [4.78, 5) is 8.76. The van der Waals surface area contributed by atoms with E-state index < -0.39 is 6.61 Å². The molecule has 2 N–H and O–H groups in total. The number of hydrogen-bond acceptors (Lipinski definition) is 4. The van der Waals surface area contributed by atoms with Crippen molar-refractivity contribution in [2.45, 2.75) is 33.4 Å². The van der Waals surface area contributed by atoms with Gasteiger partial charge >= 0.3 is 6.61 Å². The summed E-state index contributed by atoms with van der Waals surface area (Å²) in [5, 5.41) is 6.36. The molecule has 9 heteroatoms. The number of rotatable bonds is 10. The molecule has 29 heavy (non-hydrogen) atoms. The number of pyridine rings is 1. The van der Waals surface area contributed by atoms with Crippen molar-refractivity contribution in [3.63, 3.8) is 0 Å². The molecule has 2 aromatic rings. The number of aliphatic imine (C=N–C) groups is 1. The second-order valence-electron chi connectivity index (χ2n) is 5.75. The Balaban J connectivity index is 0.00000420. The van der Waals surface area contributed by atoms with Crippen molar-refractivity contribution in [1.29, 1.82) is 0 Å². The van der Waals surface area contributed by atoms with Crippen LogP contribution < -0.4 is 20.1 Å². The summed E-state index contributed by atoms with van der Waals surface area (Å²) < 4.78 is 35.7. The molecule has 0 aliphatic rings. The predicted octanol–water partition coefficient (Wildman–Crippen LogP) is 4.00. The van der Waals surface area contributed by atoms with Crippen LogP contribution >= 0.6 is 24.0 Å². The standard InChI is InChI=1S/C20H26F2N4O2.HI/c1-3-23-20(25-13-11-16-9-5-6-12-24-16)26-14-15-8-7-10-17(27-4-2)18(15)28-19(21)22;/h5-10,12,19H,3-4,11,13-14H2,1-2H3,(H2,23,25,26);1H. The van der Waals surface area contributed by atoms with Crippen LogP contribution in [0.25, 0.3) is 0 Å². The van der Waals surface area contributed by atoms with E-state index in [1.54, 1.807) is 31.3 Å². The zero-order chi connectivity index (χ0) is 20.2. The van der Waals surface area contributed by atoms with Gasteiger partial charge in [0.05, 0.1) is 13.2 Å². The Morgan fingerprint density at radius 2 is 1.97 bits per heavy atom. The minimum Gasteiger partial charge on any atom is -0.490 e. The Labute approximate surface area is 187 Å². The molecular weight excluding hydrogens is 493 g/mol. The van der Waals surface area contributed by atoms with Gasteiger partial charge in [0.25, 0.3) is 0 Å². The molecule has 0 saturated carbocycles. The van der Waals surface area contributed by atoms with Gasteiger partial charge in [-0.25, -0.2) is 4.99 Å². The fourth-order valence-electron chi connectivity index (χ4n) is 2.54. The molecule has 0 bridgehead atoms. The third-order valence-corrected chi connectivity index (χ3v) is 3.72. The summed E-state index contributed by atoms with van der Waals surface area (Å²) in [5.74, 6) is 0.888. The maximum absolute atomic E-state index is 12.8. The second-order valence-corrected chi connectivity index (χ2v) is 5.75. The average Bonchev–Trinajstić information content (AvgIpc) is 2.68. The Hall–Kier alpha value is -2.17. The molecule has 0 atom stereocenters. The van der Waals surface area contributed by atoms with Gasteiger partial charge in [0.15, 0.2) is 17.5 Å². The van der Waals surface area contributed by atoms with E-state index in [1.165, 1.54) is 0 Å². The molecule has 0 amide bonds. The smallest absolute Gasteiger partial charge is 0.387 e. The molecule has 1 aromatic carbocycles. The monoisotopic (exact) mass is 520 g/mol. The summed E-state index contributed by atoms with van der Waals surface area (Å²) in [6, 6.07) is 10.8. The van der Waals surface area contributed by atoms with E-state index in [9.17, 15) is 8.78 Å². The molecule has 0 radical (unpaired) electrons. The van der Waals surface area contributed by atoms with Crippen LogP contribution in [0.1, 0.15) is 25.1 Å². The number of nitrogens with zero attached hydrogens (tertiary/aromatic N) is 2. The van der Waals surface area contributed by atoms with Crippen molar-refractivity contribution >= 4 is 29.9 Å². The molecular formula is C20H27F2IN4O2. The second kappa shape index (κ2) is 13.9. The van der Waals surface area contributed by atoms with Gasteiger partial charge in [-0.15, -0.1) is 24.0 Å². The first-order valence-electron chi connectivity index (χ1n) is 9.25. The number of alkyl halides is 2. The highest BCUT2D eigenvalue weighted by Crippen LogP contribution is 2.33. The topological polar surface area (TPSA) is 67.8 Å². The van der Waals surface area contributed by atoms with Gasteiger partial charge in [0.1, 0.15) is 0 Å². The molecule has 0 spiro atoms. The highest BCUT2D eigenvalue weighted by Gasteiger charge is 2.15. The fourth-order valence-corrected chi connectivity index (χ4v) is 2.54. The molecule has 160 valence electrons. The predicted molar refractivity (Wildman–Crippen MR) is 120 cm³/mol. The molecule has 0 saturated heterocycles. The summed E-state index contributed by atoms with van der Waals surface area (Å²) in [6.07, 6.45) is 2.50. The number of para-hydroxylation sites is 1. The van der Waals surface area contributed by atoms with Crippen LogP contribution in [0.5, 0.6) is 11.5 Å². The quantitative estimate of drug-likeness (QED) is 0.282. The first kappa shape index (κ1) is 24.9. The summed E-state index contributed by atoms with van der Waals surface area (Å²) in [6.45, 7) is 2.64. The van der Waals surface area contributed by atoms with E-state index in [-0.39, 0.29) is 42.0 Å². The summed E-state index contributed by atoms with van der Waals surface area (Å²) >= 11 is 0. The third kappa shape index (κ3) is 8.80. The molecule has 0 unspecified atom stereocenters. The van der Waals surface area contributed by atoms with E-state index in [0.29, 0.717) is 31.2 Å². The minimum atomic E-state index is -2.94. The minimum absolute atomic E-state index is 0. The van der Waals surface area contributed by atoms with Gasteiger partial charge in [-0.3, -0.25) is 4.98 Å². The number of ether oxygens (including phenoxy) is 2. The fraction of sp³-hybridized carbons (Fsp3) is 0.400. The molecule has 6 nitrogen and oxygen atoms in total. The maximum Gasteiger partial charge on any atom is 0.387 e. The van der Waals surface area contributed by atoms with Gasteiger partial charge in [0.2, 0.25) is 0 Å². The van der Waals surface area contributed by atoms with Crippen molar-refractivity contribution in [1.82, 2.24) is 15.6 Å². The molecule has 1 heterocycles. The SMILES string of the molecule is CCNC(=NCc1cccc(OCC)c1OC(F)F)NCCc1ccccn1.I. The lowest BCUT2D eigenvalue weighted by atomic mass is 10.2. The Morgan fingerprint density at radius 3 is 2.62 bits per heavy atom. The van der Waals surface area contributed by atoms with Crippen LogP contribution in [0.4, 0.5) is 8.78 Å². The number of halogens is 3. The number of nitrogens with one attached hydrogen (secondary N) is 2. The van der Waals surface area contributed by atoms with Crippen molar-refractivity contribution < 1.29 is 18.3 Å². The number of hydrogen-bond donors (Lipinski definition) is 2. The highest BCUT2D eigenvalue weighted by atomic mass is 127. The van der Waals surface area contributed by atoms with Crippen molar-refractivity contribution in [3.8, 4) is 11.5 Å². The van der Waals surface area contributed by atoms with Crippen LogP contribution in [-0.4, -0.2) is 37.3 Å². The zero-order valence-corrected chi connectivity index (χ0v) is 18.9. The van der Waals surface area contributed by atoms with Crippen LogP contribution in [0.3, 0.4) is 0 Å². The molecule has 0 aliphatic carbocycles. The summed E-state index contributed by atoms with van der Waals surface area (Å²) in [5.41, 5.74) is 1.50. The zero-order valence-electron chi connectivity index (χ0n) is 16.5. The first-order chi connectivity index (χ1) is 13.6. The average molecular weight is 520 g/mol. The van der Waals surface area contributed by atoms with Gasteiger partial charge in [-0.05, 0) is 32.0 Å². The van der Waals surface area contributed by atoms with Gasteiger partial charge in [-0.2, -0.15) is 8.78 Å². The van der Waals surface area contributed by atoms with Crippen molar-refractivity contribution in [2.24, 2.45) is 4.99 Å². The van der Waals surface area contributed by atoms with Crippen LogP contribution in [0.2, 0.25) is 0 Å². The third-order valence-electron chi connectivity index (χ3n) is 3.72. The normalized spacial score (nSPS) is 11.0. The lowest BCUT2D eigenvalue weighted by Gasteiger charge is -2.15. The summed E-state index contributed by atoms with van der Waals surface area (Å²) in [7, 11) is 0. The largest absolute Gasteiger partial charge is 0.490 e. The van der Waals surface area contributed by atoms with E-state index in [0.717, 1.165) is 12.1 Å². The van der Waals surface area contributed by atoms with Crippen LogP contribution in [0.15, 0.2) is 47.6 Å². The number of aromatic nitrogens is 1. The molecule has 0 aliphatic heterocycles. The maximum atomic E-state index is 12.8.